The maximum Gasteiger partial charge on any atom is 0.174 e. The molecule has 172 valence electrons. The number of nitrogens with one attached hydrogen (secondary N) is 1. The van der Waals surface area contributed by atoms with Crippen molar-refractivity contribution in [2.75, 3.05) is 4.90 Å². The molecule has 0 radical (unpaired) electrons. The van der Waals surface area contributed by atoms with Crippen LogP contribution in [0.4, 0.5) is 10.1 Å². The Morgan fingerprint density at radius 3 is 2.53 bits per heavy atom. The summed E-state index contributed by atoms with van der Waals surface area (Å²) in [6.07, 6.45) is 1.77. The molecule has 34 heavy (non-hydrogen) atoms. The molecule has 1 aliphatic heterocycles. The number of thiocarbonyl (C=S) groups is 1. The largest absolute Gasteiger partial charge is 0.459 e. The van der Waals surface area contributed by atoms with Crippen LogP contribution in [0.2, 0.25) is 0 Å². The Morgan fingerprint density at radius 1 is 1.06 bits per heavy atom. The van der Waals surface area contributed by atoms with E-state index >= 15 is 0 Å². The summed E-state index contributed by atoms with van der Waals surface area (Å²) < 4.78 is 21.6. The number of pyridine rings is 1. The quantitative estimate of drug-likeness (QED) is 0.267. The van der Waals surface area contributed by atoms with Crippen LogP contribution in [0.5, 0.6) is 0 Å². The molecule has 2 aromatic heterocycles. The van der Waals surface area contributed by atoms with Gasteiger partial charge in [-0.05, 0) is 78.3 Å². The first-order valence-corrected chi connectivity index (χ1v) is 12.3. The maximum absolute atomic E-state index is 14.6. The standard InChI is InChI=1S/C27H23BrFN3OS/c1-16(2)17-6-9-19(10-7-17)32-26(25(31-27(32)34)22-5-3-4-14-30-22)24-13-12-23(33-24)20-11-8-18(28)15-21(20)29/h3-16,25-26H,1-2H3,(H,31,34)/t25-,26-/m1/s1. The van der Waals surface area contributed by atoms with Crippen molar-refractivity contribution in [3.8, 4) is 11.3 Å². The third-order valence-corrected chi connectivity index (χ3v) is 6.86. The van der Waals surface area contributed by atoms with Gasteiger partial charge in [0.2, 0.25) is 0 Å². The lowest BCUT2D eigenvalue weighted by molar-refractivity contribution is 0.438. The smallest absolute Gasteiger partial charge is 0.174 e. The summed E-state index contributed by atoms with van der Waals surface area (Å²) in [4.78, 5) is 6.62. The summed E-state index contributed by atoms with van der Waals surface area (Å²) >= 11 is 9.09. The van der Waals surface area contributed by atoms with Gasteiger partial charge in [0.05, 0.1) is 17.3 Å². The molecule has 5 rings (SSSR count). The molecule has 7 heteroatoms. The van der Waals surface area contributed by atoms with Crippen LogP contribution in [0.3, 0.4) is 0 Å². The SMILES string of the molecule is CC(C)c1ccc(N2C(=S)N[C@H](c3ccccn3)[C@H]2c2ccc(-c3ccc(Br)cc3F)o2)cc1. The summed E-state index contributed by atoms with van der Waals surface area (Å²) in [6, 6.07) is 22.3. The van der Waals surface area contributed by atoms with Gasteiger partial charge in [-0.3, -0.25) is 4.98 Å². The van der Waals surface area contributed by atoms with Crippen molar-refractivity contribution in [3.05, 3.63) is 106 Å². The van der Waals surface area contributed by atoms with Gasteiger partial charge in [0.1, 0.15) is 23.4 Å². The Kier molecular flexibility index (Phi) is 6.23. The predicted octanol–water partition coefficient (Wildman–Crippen LogP) is 7.54. The number of hydrogen-bond acceptors (Lipinski definition) is 3. The summed E-state index contributed by atoms with van der Waals surface area (Å²) in [7, 11) is 0. The number of hydrogen-bond donors (Lipinski definition) is 1. The van der Waals surface area contributed by atoms with Gasteiger partial charge in [-0.2, -0.15) is 0 Å². The van der Waals surface area contributed by atoms with Gasteiger partial charge < -0.3 is 14.6 Å². The van der Waals surface area contributed by atoms with Gasteiger partial charge in [-0.15, -0.1) is 0 Å². The number of benzene rings is 2. The van der Waals surface area contributed by atoms with Crippen LogP contribution < -0.4 is 10.2 Å². The van der Waals surface area contributed by atoms with Gasteiger partial charge in [0.15, 0.2) is 5.11 Å². The van der Waals surface area contributed by atoms with Gasteiger partial charge in [-0.25, -0.2) is 4.39 Å². The zero-order valence-corrected chi connectivity index (χ0v) is 21.1. The first-order chi connectivity index (χ1) is 16.4. The van der Waals surface area contributed by atoms with Crippen LogP contribution in [0, 0.1) is 5.82 Å². The van der Waals surface area contributed by atoms with E-state index < -0.39 is 0 Å². The monoisotopic (exact) mass is 535 g/mol. The van der Waals surface area contributed by atoms with Crippen LogP contribution in [0.1, 0.15) is 48.9 Å². The second-order valence-corrected chi connectivity index (χ2v) is 9.87. The van der Waals surface area contributed by atoms with E-state index in [4.69, 9.17) is 16.6 Å². The van der Waals surface area contributed by atoms with E-state index in [1.165, 1.54) is 11.6 Å². The third kappa shape index (κ3) is 4.26. The van der Waals surface area contributed by atoms with E-state index in [1.54, 1.807) is 24.4 Å². The highest BCUT2D eigenvalue weighted by Crippen LogP contribution is 2.43. The van der Waals surface area contributed by atoms with Crippen molar-refractivity contribution < 1.29 is 8.81 Å². The van der Waals surface area contributed by atoms with E-state index in [0.717, 1.165) is 11.4 Å². The second kappa shape index (κ2) is 9.31. The first-order valence-electron chi connectivity index (χ1n) is 11.1. The van der Waals surface area contributed by atoms with Gasteiger partial charge in [0.25, 0.3) is 0 Å². The molecule has 4 nitrogen and oxygen atoms in total. The van der Waals surface area contributed by atoms with Crippen molar-refractivity contribution in [3.63, 3.8) is 0 Å². The number of aromatic nitrogens is 1. The fourth-order valence-electron chi connectivity index (χ4n) is 4.29. The highest BCUT2D eigenvalue weighted by molar-refractivity contribution is 9.10. The normalized spacial score (nSPS) is 17.9. The van der Waals surface area contributed by atoms with Crippen molar-refractivity contribution >= 4 is 38.9 Å². The number of halogens is 2. The first kappa shape index (κ1) is 22.7. The molecule has 1 fully saturated rings. The van der Waals surface area contributed by atoms with Gasteiger partial charge >= 0.3 is 0 Å². The molecule has 0 saturated carbocycles. The van der Waals surface area contributed by atoms with Crippen molar-refractivity contribution in [1.82, 2.24) is 10.3 Å². The Balaban J connectivity index is 1.58. The molecule has 1 N–H and O–H groups in total. The lowest BCUT2D eigenvalue weighted by Gasteiger charge is -2.26. The maximum atomic E-state index is 14.6. The minimum absolute atomic E-state index is 0.229. The van der Waals surface area contributed by atoms with Crippen LogP contribution in [-0.4, -0.2) is 10.1 Å². The Labute approximate surface area is 212 Å². The van der Waals surface area contributed by atoms with Crippen LogP contribution in [0.25, 0.3) is 11.3 Å². The van der Waals surface area contributed by atoms with Gasteiger partial charge in [0, 0.05) is 16.4 Å². The summed E-state index contributed by atoms with van der Waals surface area (Å²) in [5.41, 5.74) is 3.47. The average molecular weight is 536 g/mol. The highest BCUT2D eigenvalue weighted by Gasteiger charge is 2.42. The molecule has 1 saturated heterocycles. The van der Waals surface area contributed by atoms with E-state index in [1.807, 2.05) is 24.3 Å². The molecular weight excluding hydrogens is 513 g/mol. The minimum Gasteiger partial charge on any atom is -0.459 e. The molecule has 1 aliphatic rings. The third-order valence-electron chi connectivity index (χ3n) is 6.05. The molecule has 0 amide bonds. The summed E-state index contributed by atoms with van der Waals surface area (Å²) in [5, 5.41) is 4.02. The Morgan fingerprint density at radius 2 is 1.85 bits per heavy atom. The molecule has 3 heterocycles. The fourth-order valence-corrected chi connectivity index (χ4v) is 4.97. The number of nitrogens with zero attached hydrogens (tertiary/aromatic N) is 2. The second-order valence-electron chi connectivity index (χ2n) is 8.57. The molecular formula is C27H23BrFN3OS. The van der Waals surface area contributed by atoms with E-state index in [0.29, 0.717) is 32.6 Å². The van der Waals surface area contributed by atoms with Crippen LogP contribution in [-0.2, 0) is 0 Å². The summed E-state index contributed by atoms with van der Waals surface area (Å²) in [6.45, 7) is 4.34. The zero-order valence-electron chi connectivity index (χ0n) is 18.7. The fraction of sp³-hybridized carbons (Fsp3) is 0.185. The molecule has 0 aliphatic carbocycles. The molecule has 2 aromatic carbocycles. The van der Waals surface area contributed by atoms with Crippen molar-refractivity contribution in [2.45, 2.75) is 31.8 Å². The topological polar surface area (TPSA) is 41.3 Å². The average Bonchev–Trinajstić information content (AvgIpc) is 3.44. The predicted molar refractivity (Wildman–Crippen MR) is 140 cm³/mol. The van der Waals surface area contributed by atoms with Crippen LogP contribution in [0.15, 0.2) is 87.9 Å². The van der Waals surface area contributed by atoms with Crippen LogP contribution >= 0.6 is 28.1 Å². The van der Waals surface area contributed by atoms with E-state index in [2.05, 4.69) is 69.2 Å². The molecule has 4 aromatic rings. The lowest BCUT2D eigenvalue weighted by atomic mass is 10.0. The molecule has 0 unspecified atom stereocenters. The minimum atomic E-state index is -0.349. The van der Waals surface area contributed by atoms with Crippen molar-refractivity contribution in [1.29, 1.82) is 0 Å². The van der Waals surface area contributed by atoms with Crippen molar-refractivity contribution in [2.24, 2.45) is 0 Å². The highest BCUT2D eigenvalue weighted by atomic mass is 79.9. The number of anilines is 1. The summed E-state index contributed by atoms with van der Waals surface area (Å²) in [5.74, 6) is 1.22. The number of rotatable bonds is 5. The lowest BCUT2D eigenvalue weighted by Crippen LogP contribution is -2.29. The molecule has 2 atom stereocenters. The number of furan rings is 1. The molecule has 0 spiro atoms. The van der Waals surface area contributed by atoms with E-state index in [-0.39, 0.29) is 17.9 Å². The zero-order chi connectivity index (χ0) is 23.8. The van der Waals surface area contributed by atoms with Gasteiger partial charge in [-0.1, -0.05) is 48.0 Å². The van der Waals surface area contributed by atoms with E-state index in [9.17, 15) is 4.39 Å². The Bertz CT molecular complexity index is 1320. The Hall–Kier alpha value is -3.03. The molecule has 0 bridgehead atoms.